The van der Waals surface area contributed by atoms with Gasteiger partial charge in [-0.05, 0) is 37.0 Å². The number of hydrogen-bond acceptors (Lipinski definition) is 2. The third-order valence-electron chi connectivity index (χ3n) is 3.32. The molecule has 0 N–H and O–H groups in total. The zero-order valence-electron chi connectivity index (χ0n) is 10.9. The van der Waals surface area contributed by atoms with Gasteiger partial charge in [-0.1, -0.05) is 15.9 Å². The average molecular weight is 330 g/mol. The lowest BCUT2D eigenvalue weighted by atomic mass is 9.98. The number of hydrogen-bond donors (Lipinski definition) is 0. The van der Waals surface area contributed by atoms with Crippen LogP contribution in [0.5, 0.6) is 0 Å². The minimum atomic E-state index is -0.400. The van der Waals surface area contributed by atoms with E-state index < -0.39 is 5.82 Å². The number of nitrogens with zero attached hydrogens (tertiary/aromatic N) is 1. The standard InChI is InChI=1S/C14H17BrFNO2/c1-19-9-10-3-2-4-17(8-10)14(18)11-5-12(15)7-13(16)6-11/h5-7,10H,2-4,8-9H2,1H3/t10-/m1/s1. The Bertz CT molecular complexity index is 445. The number of benzene rings is 1. The van der Waals surface area contributed by atoms with E-state index in [9.17, 15) is 9.18 Å². The van der Waals surface area contributed by atoms with E-state index in [1.807, 2.05) is 0 Å². The van der Waals surface area contributed by atoms with E-state index in [4.69, 9.17) is 4.74 Å². The minimum absolute atomic E-state index is 0.110. The second kappa shape index (κ2) is 6.48. The van der Waals surface area contributed by atoms with E-state index >= 15 is 0 Å². The molecule has 0 aromatic heterocycles. The van der Waals surface area contributed by atoms with E-state index in [0.717, 1.165) is 19.4 Å². The van der Waals surface area contributed by atoms with Gasteiger partial charge in [-0.3, -0.25) is 4.79 Å². The van der Waals surface area contributed by atoms with Crippen LogP contribution in [0.15, 0.2) is 22.7 Å². The maximum Gasteiger partial charge on any atom is 0.254 e. The Balaban J connectivity index is 2.10. The number of halogens is 2. The van der Waals surface area contributed by atoms with Crippen molar-refractivity contribution in [2.24, 2.45) is 5.92 Å². The third-order valence-corrected chi connectivity index (χ3v) is 3.78. The van der Waals surface area contributed by atoms with Gasteiger partial charge in [0.25, 0.3) is 5.91 Å². The molecular weight excluding hydrogens is 313 g/mol. The number of carbonyl (C=O) groups is 1. The van der Waals surface area contributed by atoms with Crippen molar-refractivity contribution in [3.05, 3.63) is 34.1 Å². The van der Waals surface area contributed by atoms with Crippen molar-refractivity contribution >= 4 is 21.8 Å². The Kier molecular flexibility index (Phi) is 4.93. The van der Waals surface area contributed by atoms with Gasteiger partial charge in [0.15, 0.2) is 0 Å². The Morgan fingerprint density at radius 2 is 2.32 bits per heavy atom. The van der Waals surface area contributed by atoms with Crippen LogP contribution < -0.4 is 0 Å². The second-order valence-electron chi connectivity index (χ2n) is 4.87. The average Bonchev–Trinajstić information content (AvgIpc) is 2.37. The fraction of sp³-hybridized carbons (Fsp3) is 0.500. The SMILES string of the molecule is COC[C@@H]1CCCN(C(=O)c2cc(F)cc(Br)c2)C1. The first-order chi connectivity index (χ1) is 9.10. The Morgan fingerprint density at radius 1 is 1.53 bits per heavy atom. The minimum Gasteiger partial charge on any atom is -0.384 e. The first kappa shape index (κ1) is 14.5. The monoisotopic (exact) mass is 329 g/mol. The zero-order chi connectivity index (χ0) is 13.8. The number of rotatable bonds is 3. The molecule has 3 nitrogen and oxygen atoms in total. The molecule has 0 radical (unpaired) electrons. The van der Waals surface area contributed by atoms with Gasteiger partial charge in [0.2, 0.25) is 0 Å². The van der Waals surface area contributed by atoms with Crippen molar-refractivity contribution in [2.45, 2.75) is 12.8 Å². The molecule has 1 saturated heterocycles. The molecule has 0 bridgehead atoms. The summed E-state index contributed by atoms with van der Waals surface area (Å²) in [4.78, 5) is 14.1. The summed E-state index contributed by atoms with van der Waals surface area (Å²) in [5.74, 6) is -0.135. The van der Waals surface area contributed by atoms with Crippen molar-refractivity contribution in [2.75, 3.05) is 26.8 Å². The molecule has 2 rings (SSSR count). The lowest BCUT2D eigenvalue weighted by Crippen LogP contribution is -2.41. The number of ether oxygens (including phenoxy) is 1. The fourth-order valence-electron chi connectivity index (χ4n) is 2.48. The smallest absolute Gasteiger partial charge is 0.254 e. The molecule has 1 amide bonds. The topological polar surface area (TPSA) is 29.5 Å². The Labute approximate surface area is 120 Å². The number of carbonyl (C=O) groups excluding carboxylic acids is 1. The van der Waals surface area contributed by atoms with Gasteiger partial charge >= 0.3 is 0 Å². The Hall–Kier alpha value is -0.940. The molecule has 5 heteroatoms. The zero-order valence-corrected chi connectivity index (χ0v) is 12.5. The van der Waals surface area contributed by atoms with Crippen molar-refractivity contribution in [1.82, 2.24) is 4.90 Å². The quantitative estimate of drug-likeness (QED) is 0.852. The van der Waals surface area contributed by atoms with E-state index in [0.29, 0.717) is 29.1 Å². The summed E-state index contributed by atoms with van der Waals surface area (Å²) in [6.07, 6.45) is 2.04. The van der Waals surface area contributed by atoms with Crippen molar-refractivity contribution in [1.29, 1.82) is 0 Å². The highest BCUT2D eigenvalue weighted by Crippen LogP contribution is 2.21. The number of likely N-dealkylation sites (tertiary alicyclic amines) is 1. The lowest BCUT2D eigenvalue weighted by Gasteiger charge is -2.32. The summed E-state index contributed by atoms with van der Waals surface area (Å²) in [6, 6.07) is 4.29. The van der Waals surface area contributed by atoms with Crippen LogP contribution in [0.1, 0.15) is 23.2 Å². The molecule has 104 valence electrons. The molecule has 1 aliphatic rings. The first-order valence-corrected chi connectivity index (χ1v) is 7.13. The Morgan fingerprint density at radius 3 is 3.00 bits per heavy atom. The van der Waals surface area contributed by atoms with Gasteiger partial charge < -0.3 is 9.64 Å². The van der Waals surface area contributed by atoms with Crippen LogP contribution in [0.2, 0.25) is 0 Å². The van der Waals surface area contributed by atoms with E-state index in [-0.39, 0.29) is 5.91 Å². The van der Waals surface area contributed by atoms with Crippen molar-refractivity contribution in [3.8, 4) is 0 Å². The van der Waals surface area contributed by atoms with E-state index in [2.05, 4.69) is 15.9 Å². The highest BCUT2D eigenvalue weighted by molar-refractivity contribution is 9.10. The summed E-state index contributed by atoms with van der Waals surface area (Å²) in [5.41, 5.74) is 0.393. The summed E-state index contributed by atoms with van der Waals surface area (Å²) >= 11 is 3.21. The second-order valence-corrected chi connectivity index (χ2v) is 5.79. The van der Waals surface area contributed by atoms with Gasteiger partial charge in [-0.25, -0.2) is 4.39 Å². The van der Waals surface area contributed by atoms with Gasteiger partial charge in [-0.15, -0.1) is 0 Å². The largest absolute Gasteiger partial charge is 0.384 e. The van der Waals surface area contributed by atoms with Gasteiger partial charge in [0.1, 0.15) is 5.82 Å². The molecule has 0 spiro atoms. The van der Waals surface area contributed by atoms with Crippen LogP contribution in [0.25, 0.3) is 0 Å². The van der Waals surface area contributed by atoms with Crippen LogP contribution in [0.4, 0.5) is 4.39 Å². The van der Waals surface area contributed by atoms with Crippen molar-refractivity contribution in [3.63, 3.8) is 0 Å². The van der Waals surface area contributed by atoms with Crippen LogP contribution in [-0.2, 0) is 4.74 Å². The highest BCUT2D eigenvalue weighted by atomic mass is 79.9. The van der Waals surface area contributed by atoms with E-state index in [1.165, 1.54) is 12.1 Å². The molecule has 1 aromatic rings. The number of piperidine rings is 1. The highest BCUT2D eigenvalue weighted by Gasteiger charge is 2.24. The van der Waals surface area contributed by atoms with Gasteiger partial charge in [0, 0.05) is 30.2 Å². The molecule has 1 fully saturated rings. The first-order valence-electron chi connectivity index (χ1n) is 6.34. The van der Waals surface area contributed by atoms with E-state index in [1.54, 1.807) is 18.1 Å². The van der Waals surface area contributed by atoms with Crippen LogP contribution in [0, 0.1) is 11.7 Å². The summed E-state index contributed by atoms with van der Waals surface area (Å²) in [6.45, 7) is 2.07. The summed E-state index contributed by atoms with van der Waals surface area (Å²) in [5, 5.41) is 0. The number of methoxy groups -OCH3 is 1. The van der Waals surface area contributed by atoms with Crippen LogP contribution in [-0.4, -0.2) is 37.6 Å². The molecule has 1 aliphatic heterocycles. The molecule has 19 heavy (non-hydrogen) atoms. The molecule has 0 saturated carbocycles. The maximum atomic E-state index is 13.3. The summed E-state index contributed by atoms with van der Waals surface area (Å²) in [7, 11) is 1.67. The normalized spacial score (nSPS) is 19.5. The molecule has 0 aliphatic carbocycles. The lowest BCUT2D eigenvalue weighted by molar-refractivity contribution is 0.0570. The van der Waals surface area contributed by atoms with Crippen molar-refractivity contribution < 1.29 is 13.9 Å². The van der Waals surface area contributed by atoms with Crippen LogP contribution in [0.3, 0.4) is 0 Å². The van der Waals surface area contributed by atoms with Gasteiger partial charge in [-0.2, -0.15) is 0 Å². The molecular formula is C14H17BrFNO2. The predicted octanol–water partition coefficient (Wildman–Crippen LogP) is 3.09. The molecule has 1 atom stereocenters. The van der Waals surface area contributed by atoms with Gasteiger partial charge in [0.05, 0.1) is 6.61 Å². The molecule has 1 heterocycles. The summed E-state index contributed by atoms with van der Waals surface area (Å²) < 4.78 is 19.1. The van der Waals surface area contributed by atoms with Crippen LogP contribution >= 0.6 is 15.9 Å². The number of amides is 1. The maximum absolute atomic E-state index is 13.3. The molecule has 0 unspecified atom stereocenters. The third kappa shape index (κ3) is 3.76. The predicted molar refractivity (Wildman–Crippen MR) is 74.6 cm³/mol. The fourth-order valence-corrected chi connectivity index (χ4v) is 2.95. The molecule has 1 aromatic carbocycles.